The van der Waals surface area contributed by atoms with Crippen LogP contribution in [0.5, 0.6) is 0 Å². The number of nitrogens with zero attached hydrogens (tertiary/aromatic N) is 1. The van der Waals surface area contributed by atoms with Crippen molar-refractivity contribution in [2.24, 2.45) is 0 Å². The summed E-state index contributed by atoms with van der Waals surface area (Å²) in [6.07, 6.45) is 0. The number of carbonyl (C=O) groups excluding carboxylic acids is 1. The first kappa shape index (κ1) is 12.4. The molecule has 0 aliphatic carbocycles. The summed E-state index contributed by atoms with van der Waals surface area (Å²) in [5, 5.41) is 3.09. The van der Waals surface area contributed by atoms with E-state index in [0.29, 0.717) is 29.7 Å². The SMILES string of the molecule is O=C(c1sccc1Cl)N1CCOCC1CBr. The Morgan fingerprint density at radius 3 is 3.19 bits per heavy atom. The number of carbonyl (C=O) groups is 1. The lowest BCUT2D eigenvalue weighted by Crippen LogP contribution is -2.49. The molecule has 0 N–H and O–H groups in total. The van der Waals surface area contributed by atoms with Gasteiger partial charge in [-0.2, -0.15) is 0 Å². The highest BCUT2D eigenvalue weighted by atomic mass is 79.9. The van der Waals surface area contributed by atoms with E-state index in [1.165, 1.54) is 11.3 Å². The minimum Gasteiger partial charge on any atom is -0.377 e. The number of thiophene rings is 1. The van der Waals surface area contributed by atoms with Gasteiger partial charge in [-0.3, -0.25) is 4.79 Å². The molecule has 2 heterocycles. The van der Waals surface area contributed by atoms with Crippen molar-refractivity contribution in [1.82, 2.24) is 4.90 Å². The van der Waals surface area contributed by atoms with E-state index < -0.39 is 0 Å². The van der Waals surface area contributed by atoms with Gasteiger partial charge in [0.25, 0.3) is 5.91 Å². The summed E-state index contributed by atoms with van der Waals surface area (Å²) in [4.78, 5) is 14.7. The largest absolute Gasteiger partial charge is 0.377 e. The van der Waals surface area contributed by atoms with Crippen molar-refractivity contribution in [3.63, 3.8) is 0 Å². The fourth-order valence-electron chi connectivity index (χ4n) is 1.63. The lowest BCUT2D eigenvalue weighted by atomic mass is 10.2. The number of hydrogen-bond donors (Lipinski definition) is 0. The molecule has 0 saturated carbocycles. The highest BCUT2D eigenvalue weighted by Crippen LogP contribution is 2.25. The van der Waals surface area contributed by atoms with Gasteiger partial charge in [0.15, 0.2) is 0 Å². The number of ether oxygens (including phenoxy) is 1. The van der Waals surface area contributed by atoms with Crippen LogP contribution in [0.1, 0.15) is 9.67 Å². The van der Waals surface area contributed by atoms with Gasteiger partial charge >= 0.3 is 0 Å². The van der Waals surface area contributed by atoms with Gasteiger partial charge in [-0.25, -0.2) is 0 Å². The van der Waals surface area contributed by atoms with Crippen LogP contribution in [-0.2, 0) is 4.74 Å². The summed E-state index contributed by atoms with van der Waals surface area (Å²) in [5.74, 6) is 0.00718. The Hall–Kier alpha value is -0.100. The second-order valence-corrected chi connectivity index (χ2v) is 5.45. The van der Waals surface area contributed by atoms with Gasteiger partial charge in [0.05, 0.1) is 24.3 Å². The van der Waals surface area contributed by atoms with Gasteiger partial charge in [0.1, 0.15) is 4.88 Å². The maximum absolute atomic E-state index is 12.2. The van der Waals surface area contributed by atoms with Crippen LogP contribution < -0.4 is 0 Å². The Bertz CT molecular complexity index is 385. The van der Waals surface area contributed by atoms with E-state index in [1.807, 2.05) is 10.3 Å². The summed E-state index contributed by atoms with van der Waals surface area (Å²) in [6, 6.07) is 1.85. The molecular formula is C10H11BrClNO2S. The molecule has 1 unspecified atom stereocenters. The van der Waals surface area contributed by atoms with E-state index in [0.717, 1.165) is 5.33 Å². The highest BCUT2D eigenvalue weighted by molar-refractivity contribution is 9.09. The molecule has 2 rings (SSSR count). The summed E-state index contributed by atoms with van der Waals surface area (Å²) in [5.41, 5.74) is 0. The fourth-order valence-corrected chi connectivity index (χ4v) is 3.25. The average molecular weight is 325 g/mol. The van der Waals surface area contributed by atoms with E-state index in [2.05, 4.69) is 15.9 Å². The number of alkyl halides is 1. The van der Waals surface area contributed by atoms with Crippen molar-refractivity contribution in [2.45, 2.75) is 6.04 Å². The molecule has 0 radical (unpaired) electrons. The molecule has 1 aliphatic heterocycles. The van der Waals surface area contributed by atoms with Crippen molar-refractivity contribution in [2.75, 3.05) is 25.1 Å². The predicted molar refractivity (Wildman–Crippen MR) is 68.8 cm³/mol. The fraction of sp³-hybridized carbons (Fsp3) is 0.500. The standard InChI is InChI=1S/C10H11BrClNO2S/c11-5-7-6-15-3-2-13(7)10(14)9-8(12)1-4-16-9/h1,4,7H,2-3,5-6H2. The number of morpholine rings is 1. The van der Waals surface area contributed by atoms with E-state index >= 15 is 0 Å². The van der Waals surface area contributed by atoms with E-state index in [9.17, 15) is 4.79 Å². The first-order chi connectivity index (χ1) is 7.74. The molecule has 1 atom stereocenters. The van der Waals surface area contributed by atoms with Crippen LogP contribution in [-0.4, -0.2) is 41.9 Å². The molecule has 1 amide bonds. The summed E-state index contributed by atoms with van der Waals surface area (Å²) >= 11 is 10.7. The van der Waals surface area contributed by atoms with E-state index in [1.54, 1.807) is 6.07 Å². The van der Waals surface area contributed by atoms with Crippen LogP contribution in [0.4, 0.5) is 0 Å². The third kappa shape index (κ3) is 2.42. The molecule has 1 aliphatic rings. The number of amides is 1. The Morgan fingerprint density at radius 1 is 1.75 bits per heavy atom. The molecule has 0 bridgehead atoms. The molecule has 6 heteroatoms. The Kier molecular flexibility index (Phi) is 4.24. The maximum Gasteiger partial charge on any atom is 0.265 e. The van der Waals surface area contributed by atoms with Crippen molar-refractivity contribution >= 4 is 44.8 Å². The second-order valence-electron chi connectivity index (χ2n) is 3.48. The lowest BCUT2D eigenvalue weighted by molar-refractivity contribution is 0.00553. The van der Waals surface area contributed by atoms with Gasteiger partial charge in [-0.05, 0) is 11.4 Å². The van der Waals surface area contributed by atoms with Crippen LogP contribution in [0.25, 0.3) is 0 Å². The van der Waals surface area contributed by atoms with Crippen molar-refractivity contribution in [1.29, 1.82) is 0 Å². The zero-order chi connectivity index (χ0) is 11.5. The van der Waals surface area contributed by atoms with Crippen LogP contribution in [0.2, 0.25) is 5.02 Å². The number of halogens is 2. The summed E-state index contributed by atoms with van der Waals surface area (Å²) in [6.45, 7) is 1.81. The Labute approximate surface area is 111 Å². The van der Waals surface area contributed by atoms with Crippen molar-refractivity contribution < 1.29 is 9.53 Å². The number of rotatable bonds is 2. The van der Waals surface area contributed by atoms with Gasteiger partial charge in [0.2, 0.25) is 0 Å². The second kappa shape index (κ2) is 5.49. The monoisotopic (exact) mass is 323 g/mol. The summed E-state index contributed by atoms with van der Waals surface area (Å²) in [7, 11) is 0. The third-order valence-electron chi connectivity index (χ3n) is 2.48. The van der Waals surface area contributed by atoms with E-state index in [-0.39, 0.29) is 11.9 Å². The van der Waals surface area contributed by atoms with Gasteiger partial charge in [-0.15, -0.1) is 11.3 Å². The van der Waals surface area contributed by atoms with Gasteiger partial charge < -0.3 is 9.64 Å². The van der Waals surface area contributed by atoms with Crippen LogP contribution >= 0.6 is 38.9 Å². The molecule has 1 fully saturated rings. The number of hydrogen-bond acceptors (Lipinski definition) is 3. The zero-order valence-electron chi connectivity index (χ0n) is 8.49. The van der Waals surface area contributed by atoms with Crippen LogP contribution in [0.3, 0.4) is 0 Å². The third-order valence-corrected chi connectivity index (χ3v) is 4.55. The van der Waals surface area contributed by atoms with Crippen LogP contribution in [0.15, 0.2) is 11.4 Å². The molecule has 1 saturated heterocycles. The first-order valence-electron chi connectivity index (χ1n) is 4.91. The average Bonchev–Trinajstić information content (AvgIpc) is 2.74. The lowest BCUT2D eigenvalue weighted by Gasteiger charge is -2.34. The Morgan fingerprint density at radius 2 is 2.56 bits per heavy atom. The molecule has 16 heavy (non-hydrogen) atoms. The quantitative estimate of drug-likeness (QED) is 0.783. The molecule has 88 valence electrons. The zero-order valence-corrected chi connectivity index (χ0v) is 11.6. The first-order valence-corrected chi connectivity index (χ1v) is 7.29. The molecule has 3 nitrogen and oxygen atoms in total. The maximum atomic E-state index is 12.2. The van der Waals surface area contributed by atoms with Gasteiger partial charge in [-0.1, -0.05) is 27.5 Å². The normalized spacial score (nSPS) is 21.1. The van der Waals surface area contributed by atoms with Crippen molar-refractivity contribution in [3.05, 3.63) is 21.3 Å². The minimum absolute atomic E-state index is 0.00718. The molecule has 0 spiro atoms. The van der Waals surface area contributed by atoms with Gasteiger partial charge in [0, 0.05) is 11.9 Å². The Balaban J connectivity index is 2.17. The van der Waals surface area contributed by atoms with Crippen LogP contribution in [0, 0.1) is 0 Å². The highest BCUT2D eigenvalue weighted by Gasteiger charge is 2.28. The summed E-state index contributed by atoms with van der Waals surface area (Å²) < 4.78 is 5.35. The topological polar surface area (TPSA) is 29.5 Å². The molecular weight excluding hydrogens is 314 g/mol. The molecule has 1 aromatic rings. The minimum atomic E-state index is 0.00718. The van der Waals surface area contributed by atoms with E-state index in [4.69, 9.17) is 16.3 Å². The predicted octanol–water partition coefficient (Wildman–Crippen LogP) is 2.64. The smallest absolute Gasteiger partial charge is 0.265 e. The molecule has 0 aromatic carbocycles. The molecule has 1 aromatic heterocycles. The van der Waals surface area contributed by atoms with Crippen molar-refractivity contribution in [3.8, 4) is 0 Å².